The SMILES string of the molecule is CCN(CC)C(=O)CN1CCCN(c2cnn(-c3ccc(C)c(Cl)c3)c(=O)c2Cl)CC1. The average molecular weight is 466 g/mol. The summed E-state index contributed by atoms with van der Waals surface area (Å²) in [5.41, 5.74) is 1.75. The highest BCUT2D eigenvalue weighted by atomic mass is 35.5. The van der Waals surface area contributed by atoms with Crippen LogP contribution in [0.5, 0.6) is 0 Å². The Morgan fingerprint density at radius 2 is 1.87 bits per heavy atom. The highest BCUT2D eigenvalue weighted by molar-refractivity contribution is 6.33. The van der Waals surface area contributed by atoms with E-state index in [1.807, 2.05) is 31.7 Å². The number of aryl methyl sites for hydroxylation is 1. The van der Waals surface area contributed by atoms with Gasteiger partial charge in [0.2, 0.25) is 5.91 Å². The van der Waals surface area contributed by atoms with Gasteiger partial charge in [0.1, 0.15) is 5.02 Å². The van der Waals surface area contributed by atoms with Crippen LogP contribution in [0, 0.1) is 6.92 Å². The summed E-state index contributed by atoms with van der Waals surface area (Å²) < 4.78 is 1.27. The maximum atomic E-state index is 12.9. The van der Waals surface area contributed by atoms with Gasteiger partial charge in [-0.05, 0) is 44.9 Å². The number of likely N-dealkylation sites (N-methyl/N-ethyl adjacent to an activating group) is 1. The monoisotopic (exact) mass is 465 g/mol. The first-order chi connectivity index (χ1) is 14.8. The van der Waals surface area contributed by atoms with Crippen LogP contribution in [0.1, 0.15) is 25.8 Å². The number of amides is 1. The third-order valence-corrected chi connectivity index (χ3v) is 6.47. The van der Waals surface area contributed by atoms with Crippen molar-refractivity contribution in [1.29, 1.82) is 0 Å². The van der Waals surface area contributed by atoms with Crippen LogP contribution in [0.3, 0.4) is 0 Å². The van der Waals surface area contributed by atoms with Gasteiger partial charge in [-0.2, -0.15) is 9.78 Å². The number of hydrogen-bond acceptors (Lipinski definition) is 5. The minimum absolute atomic E-state index is 0.138. The zero-order chi connectivity index (χ0) is 22.5. The average Bonchev–Trinajstić information content (AvgIpc) is 2.98. The minimum atomic E-state index is -0.378. The molecule has 0 radical (unpaired) electrons. The largest absolute Gasteiger partial charge is 0.368 e. The molecule has 0 bridgehead atoms. The maximum Gasteiger partial charge on any atom is 0.292 e. The Bertz CT molecular complexity index is 990. The fourth-order valence-electron chi connectivity index (χ4n) is 3.78. The van der Waals surface area contributed by atoms with Crippen molar-refractivity contribution in [2.24, 2.45) is 0 Å². The van der Waals surface area contributed by atoms with E-state index in [9.17, 15) is 9.59 Å². The molecule has 0 aliphatic carbocycles. The van der Waals surface area contributed by atoms with Crippen LogP contribution in [0.4, 0.5) is 5.69 Å². The number of rotatable bonds is 6. The predicted molar refractivity (Wildman–Crippen MR) is 126 cm³/mol. The van der Waals surface area contributed by atoms with E-state index in [0.29, 0.717) is 29.5 Å². The molecule has 7 nitrogen and oxygen atoms in total. The second-order valence-corrected chi connectivity index (χ2v) is 8.46. The number of nitrogens with zero attached hydrogens (tertiary/aromatic N) is 5. The first-order valence-corrected chi connectivity index (χ1v) is 11.4. The Morgan fingerprint density at radius 1 is 1.13 bits per heavy atom. The molecule has 1 aromatic carbocycles. The molecule has 1 amide bonds. The molecule has 2 heterocycles. The number of halogens is 2. The Hall–Kier alpha value is -2.09. The summed E-state index contributed by atoms with van der Waals surface area (Å²) in [5, 5.41) is 5.05. The van der Waals surface area contributed by atoms with Gasteiger partial charge in [-0.3, -0.25) is 14.5 Å². The number of benzene rings is 1. The van der Waals surface area contributed by atoms with E-state index in [0.717, 1.165) is 44.7 Å². The van der Waals surface area contributed by atoms with E-state index in [1.54, 1.807) is 18.3 Å². The molecule has 3 rings (SSSR count). The van der Waals surface area contributed by atoms with Crippen molar-refractivity contribution >= 4 is 34.8 Å². The summed E-state index contributed by atoms with van der Waals surface area (Å²) in [6.07, 6.45) is 2.51. The number of hydrogen-bond donors (Lipinski definition) is 0. The van der Waals surface area contributed by atoms with E-state index < -0.39 is 0 Å². The topological polar surface area (TPSA) is 61.7 Å². The lowest BCUT2D eigenvalue weighted by Gasteiger charge is -2.26. The van der Waals surface area contributed by atoms with Crippen LogP contribution in [0.2, 0.25) is 10.0 Å². The standard InChI is InChI=1S/C22H29Cl2N5O2/c1-4-27(5-2)20(30)15-26-9-6-10-28(12-11-26)19-14-25-29(22(31)21(19)24)17-8-7-16(3)18(23)13-17/h7-8,13-14H,4-6,9-12,15H2,1-3H3. The molecule has 168 valence electrons. The van der Waals surface area contributed by atoms with Gasteiger partial charge >= 0.3 is 0 Å². The van der Waals surface area contributed by atoms with Crippen LogP contribution in [0.15, 0.2) is 29.2 Å². The second kappa shape index (κ2) is 10.5. The number of aromatic nitrogens is 2. The summed E-state index contributed by atoms with van der Waals surface area (Å²) in [6.45, 7) is 10.7. The van der Waals surface area contributed by atoms with Crippen molar-refractivity contribution in [3.8, 4) is 5.69 Å². The van der Waals surface area contributed by atoms with Crippen molar-refractivity contribution in [2.75, 3.05) is 50.7 Å². The van der Waals surface area contributed by atoms with E-state index in [4.69, 9.17) is 23.2 Å². The molecule has 0 spiro atoms. The lowest BCUT2D eigenvalue weighted by atomic mass is 10.2. The lowest BCUT2D eigenvalue weighted by molar-refractivity contribution is -0.132. The molecular weight excluding hydrogens is 437 g/mol. The number of carbonyl (C=O) groups excluding carboxylic acids is 1. The van der Waals surface area contributed by atoms with Gasteiger partial charge in [-0.25, -0.2) is 0 Å². The molecule has 0 N–H and O–H groups in total. The molecular formula is C22H29Cl2N5O2. The summed E-state index contributed by atoms with van der Waals surface area (Å²) in [6, 6.07) is 5.34. The Balaban J connectivity index is 1.75. The van der Waals surface area contributed by atoms with Gasteiger partial charge in [0.25, 0.3) is 5.56 Å². The van der Waals surface area contributed by atoms with Crippen molar-refractivity contribution in [3.05, 3.63) is 50.4 Å². The second-order valence-electron chi connectivity index (χ2n) is 7.68. The minimum Gasteiger partial charge on any atom is -0.368 e. The molecule has 2 aromatic rings. The van der Waals surface area contributed by atoms with E-state index in [1.165, 1.54) is 4.68 Å². The third kappa shape index (κ3) is 5.40. The zero-order valence-corrected chi connectivity index (χ0v) is 19.8. The van der Waals surface area contributed by atoms with Gasteiger partial charge in [0, 0.05) is 44.3 Å². The van der Waals surface area contributed by atoms with Gasteiger partial charge in [0.05, 0.1) is 24.1 Å². The number of carbonyl (C=O) groups is 1. The highest BCUT2D eigenvalue weighted by Gasteiger charge is 2.22. The molecule has 1 aliphatic rings. The van der Waals surface area contributed by atoms with E-state index >= 15 is 0 Å². The molecule has 0 unspecified atom stereocenters. The molecule has 31 heavy (non-hydrogen) atoms. The molecule has 0 saturated carbocycles. The Labute approximate surface area is 193 Å². The van der Waals surface area contributed by atoms with Crippen LogP contribution in [-0.2, 0) is 4.79 Å². The van der Waals surface area contributed by atoms with Gasteiger partial charge in [-0.15, -0.1) is 0 Å². The summed E-state index contributed by atoms with van der Waals surface area (Å²) in [4.78, 5) is 31.4. The zero-order valence-electron chi connectivity index (χ0n) is 18.3. The molecule has 0 atom stereocenters. The van der Waals surface area contributed by atoms with Gasteiger partial charge in [-0.1, -0.05) is 29.3 Å². The number of anilines is 1. The smallest absolute Gasteiger partial charge is 0.292 e. The maximum absolute atomic E-state index is 12.9. The van der Waals surface area contributed by atoms with Gasteiger partial charge in [0.15, 0.2) is 0 Å². The van der Waals surface area contributed by atoms with Crippen molar-refractivity contribution in [2.45, 2.75) is 27.2 Å². The molecule has 1 aromatic heterocycles. The van der Waals surface area contributed by atoms with E-state index in [2.05, 4.69) is 14.9 Å². The molecule has 1 fully saturated rings. The summed E-state index contributed by atoms with van der Waals surface area (Å²) >= 11 is 12.7. The Morgan fingerprint density at radius 3 is 2.55 bits per heavy atom. The van der Waals surface area contributed by atoms with Crippen LogP contribution in [0.25, 0.3) is 5.69 Å². The molecule has 1 aliphatic heterocycles. The van der Waals surface area contributed by atoms with Crippen molar-refractivity contribution in [1.82, 2.24) is 19.6 Å². The van der Waals surface area contributed by atoms with Gasteiger partial charge < -0.3 is 9.80 Å². The summed E-state index contributed by atoms with van der Waals surface area (Å²) in [5.74, 6) is 0.150. The molecule has 1 saturated heterocycles. The third-order valence-electron chi connectivity index (χ3n) is 5.70. The predicted octanol–water partition coefficient (Wildman–Crippen LogP) is 3.23. The first-order valence-electron chi connectivity index (χ1n) is 10.6. The quantitative estimate of drug-likeness (QED) is 0.655. The lowest BCUT2D eigenvalue weighted by Crippen LogP contribution is -2.41. The fraction of sp³-hybridized carbons (Fsp3) is 0.500. The van der Waals surface area contributed by atoms with Crippen molar-refractivity contribution < 1.29 is 4.79 Å². The normalized spacial score (nSPS) is 15.1. The van der Waals surface area contributed by atoms with E-state index in [-0.39, 0.29) is 16.5 Å². The highest BCUT2D eigenvalue weighted by Crippen LogP contribution is 2.24. The fourth-order valence-corrected chi connectivity index (χ4v) is 4.20. The molecule has 9 heteroatoms. The Kier molecular flexibility index (Phi) is 7.97. The summed E-state index contributed by atoms with van der Waals surface area (Å²) in [7, 11) is 0. The van der Waals surface area contributed by atoms with Crippen LogP contribution >= 0.6 is 23.2 Å². The first kappa shape index (κ1) is 23.6. The van der Waals surface area contributed by atoms with Crippen LogP contribution < -0.4 is 10.5 Å². The van der Waals surface area contributed by atoms with Crippen molar-refractivity contribution in [3.63, 3.8) is 0 Å². The van der Waals surface area contributed by atoms with Crippen LogP contribution in [-0.4, -0.2) is 71.3 Å².